The topological polar surface area (TPSA) is 140 Å². The van der Waals surface area contributed by atoms with Crippen molar-refractivity contribution >= 4 is 50.9 Å². The van der Waals surface area contributed by atoms with Crippen molar-refractivity contribution in [3.05, 3.63) is 80.7 Å². The Morgan fingerprint density at radius 3 is 2.47 bits per heavy atom. The third-order valence-electron chi connectivity index (χ3n) is 4.70. The zero-order chi connectivity index (χ0) is 22.9. The van der Waals surface area contributed by atoms with Gasteiger partial charge in [0.05, 0.1) is 20.5 Å². The third kappa shape index (κ3) is 5.01. The largest absolute Gasteiger partial charge is 0.383 e. The van der Waals surface area contributed by atoms with E-state index in [9.17, 15) is 13.2 Å². The highest BCUT2D eigenvalue weighted by molar-refractivity contribution is 8.10. The lowest BCUT2D eigenvalue weighted by atomic mass is 10.1. The zero-order valence-corrected chi connectivity index (χ0v) is 19.5. The van der Waals surface area contributed by atoms with Gasteiger partial charge in [-0.3, -0.25) is 4.79 Å². The summed E-state index contributed by atoms with van der Waals surface area (Å²) < 4.78 is 22.8. The molecule has 0 fully saturated rings. The van der Waals surface area contributed by atoms with Crippen molar-refractivity contribution in [2.45, 2.75) is 23.7 Å². The number of carbonyl (C=O) groups is 1. The lowest BCUT2D eigenvalue weighted by molar-refractivity contribution is -0.113. The molecule has 0 aromatic heterocycles. The number of carbonyl (C=O) groups excluding carboxylic acids is 1. The maximum Gasteiger partial charge on any atom is 0.238 e. The molecule has 11 heteroatoms. The van der Waals surface area contributed by atoms with Gasteiger partial charge in [0.1, 0.15) is 5.84 Å². The van der Waals surface area contributed by atoms with Gasteiger partial charge in [-0.2, -0.15) is 0 Å². The Balaban J connectivity index is 1.49. The fourth-order valence-electron chi connectivity index (χ4n) is 3.17. The number of thioether (sulfide) groups is 2. The zero-order valence-electron chi connectivity index (χ0n) is 17.0. The van der Waals surface area contributed by atoms with E-state index >= 15 is 0 Å². The molecule has 2 aliphatic rings. The number of rotatable bonds is 6. The summed E-state index contributed by atoms with van der Waals surface area (Å²) in [6.07, 6.45) is 0.643. The maximum atomic E-state index is 12.2. The quantitative estimate of drug-likeness (QED) is 0.488. The van der Waals surface area contributed by atoms with Crippen LogP contribution in [-0.4, -0.2) is 25.5 Å². The molecule has 0 saturated carbocycles. The second kappa shape index (κ2) is 9.02. The van der Waals surface area contributed by atoms with E-state index in [1.54, 1.807) is 12.1 Å². The minimum atomic E-state index is -3.75. The number of ketones is 1. The highest BCUT2D eigenvalue weighted by atomic mass is 32.2. The molecule has 0 saturated heterocycles. The molecule has 1 unspecified atom stereocenters. The molecule has 6 N–H and O–H groups in total. The number of sulfonamides is 1. The molecule has 32 heavy (non-hydrogen) atoms. The second-order valence-corrected chi connectivity index (χ2v) is 10.9. The Morgan fingerprint density at radius 1 is 1.16 bits per heavy atom. The van der Waals surface area contributed by atoms with Gasteiger partial charge in [-0.25, -0.2) is 18.5 Å². The number of allylic oxidation sites excluding steroid dienone is 2. The van der Waals surface area contributed by atoms with Crippen LogP contribution in [0.25, 0.3) is 0 Å². The van der Waals surface area contributed by atoms with E-state index in [0.29, 0.717) is 23.6 Å². The minimum absolute atomic E-state index is 0.0354. The summed E-state index contributed by atoms with van der Waals surface area (Å²) in [5.41, 5.74) is 8.16. The number of nitrogens with zero attached hydrogens (tertiary/aromatic N) is 1. The third-order valence-corrected chi connectivity index (χ3v) is 7.96. The van der Waals surface area contributed by atoms with E-state index in [1.807, 2.05) is 30.3 Å². The molecular weight excluding hydrogens is 466 g/mol. The van der Waals surface area contributed by atoms with E-state index in [1.165, 1.54) is 42.6 Å². The number of hydrogen-bond donors (Lipinski definition) is 4. The number of anilines is 1. The van der Waals surface area contributed by atoms with E-state index in [4.69, 9.17) is 10.9 Å². The lowest BCUT2D eigenvalue weighted by Crippen LogP contribution is -2.17. The Hall–Kier alpha value is -2.73. The first-order valence-electron chi connectivity index (χ1n) is 9.57. The van der Waals surface area contributed by atoms with Crippen LogP contribution < -0.4 is 21.5 Å². The molecule has 2 aromatic carbocycles. The highest BCUT2D eigenvalue weighted by Gasteiger charge is 2.31. The average molecular weight is 488 g/mol. The van der Waals surface area contributed by atoms with E-state index in [2.05, 4.69) is 15.6 Å². The summed E-state index contributed by atoms with van der Waals surface area (Å²) in [7, 11) is -3.75. The fraction of sp³-hybridized carbons (Fsp3) is 0.143. The number of amidine groups is 1. The van der Waals surface area contributed by atoms with Crippen molar-refractivity contribution in [3.8, 4) is 0 Å². The van der Waals surface area contributed by atoms with Crippen LogP contribution in [0, 0.1) is 0 Å². The van der Waals surface area contributed by atoms with E-state index < -0.39 is 10.0 Å². The van der Waals surface area contributed by atoms with E-state index in [0.717, 1.165) is 20.4 Å². The first-order valence-corrected chi connectivity index (χ1v) is 12.8. The SMILES string of the molecule is CC(=O)C1=C(Cc2ccccc2)SC(=C2SC(Nc3ccc(S(N)(=O)=O)cc3)N=C2N)N1. The molecule has 0 radical (unpaired) electrons. The van der Waals surface area contributed by atoms with Crippen molar-refractivity contribution < 1.29 is 13.2 Å². The Labute approximate surface area is 194 Å². The Bertz CT molecular complexity index is 1250. The maximum absolute atomic E-state index is 12.2. The van der Waals surface area contributed by atoms with Gasteiger partial charge in [0.2, 0.25) is 10.0 Å². The highest BCUT2D eigenvalue weighted by Crippen LogP contribution is 2.43. The number of hydrogen-bond acceptors (Lipinski definition) is 9. The predicted octanol–water partition coefficient (Wildman–Crippen LogP) is 2.68. The van der Waals surface area contributed by atoms with Crippen LogP contribution in [0.1, 0.15) is 12.5 Å². The molecule has 8 nitrogen and oxygen atoms in total. The molecule has 2 aliphatic heterocycles. The summed E-state index contributed by atoms with van der Waals surface area (Å²) in [4.78, 5) is 18.4. The average Bonchev–Trinajstić information content (AvgIpc) is 3.31. The number of Topliss-reactive ketones (excluding diaryl/α,β-unsaturated/α-hetero) is 1. The molecule has 2 heterocycles. The number of aliphatic imine (C=N–C) groups is 1. The summed E-state index contributed by atoms with van der Waals surface area (Å²) in [5.74, 6) is 0.328. The van der Waals surface area contributed by atoms with Crippen molar-refractivity contribution in [2.75, 3.05) is 5.32 Å². The molecule has 2 aromatic rings. The van der Waals surface area contributed by atoms with Crippen LogP contribution in [-0.2, 0) is 21.2 Å². The van der Waals surface area contributed by atoms with Gasteiger partial charge < -0.3 is 16.4 Å². The van der Waals surface area contributed by atoms with Gasteiger partial charge in [0, 0.05) is 23.9 Å². The molecule has 166 valence electrons. The van der Waals surface area contributed by atoms with Gasteiger partial charge in [0.25, 0.3) is 0 Å². The number of nitrogens with one attached hydrogen (secondary N) is 2. The molecule has 0 spiro atoms. The first-order chi connectivity index (χ1) is 15.2. The van der Waals surface area contributed by atoms with Crippen molar-refractivity contribution in [3.63, 3.8) is 0 Å². The molecule has 1 atom stereocenters. The number of benzene rings is 2. The van der Waals surface area contributed by atoms with E-state index in [-0.39, 0.29) is 16.2 Å². The summed E-state index contributed by atoms with van der Waals surface area (Å²) in [6.45, 7) is 1.54. The number of primary sulfonamides is 1. The smallest absolute Gasteiger partial charge is 0.238 e. The van der Waals surface area contributed by atoms with Gasteiger partial charge in [-0.05, 0) is 29.8 Å². The molecule has 0 amide bonds. The lowest BCUT2D eigenvalue weighted by Gasteiger charge is -2.11. The van der Waals surface area contributed by atoms with Crippen LogP contribution in [0.15, 0.2) is 85.0 Å². The molecular formula is C21H21N5O3S3. The Morgan fingerprint density at radius 2 is 1.84 bits per heavy atom. The predicted molar refractivity (Wildman–Crippen MR) is 130 cm³/mol. The monoisotopic (exact) mass is 487 g/mol. The first kappa shape index (κ1) is 22.5. The van der Waals surface area contributed by atoms with Crippen LogP contribution in [0.3, 0.4) is 0 Å². The summed E-state index contributed by atoms with van der Waals surface area (Å²) in [5, 5.41) is 12.3. The second-order valence-electron chi connectivity index (χ2n) is 7.10. The van der Waals surface area contributed by atoms with Crippen LogP contribution in [0.2, 0.25) is 0 Å². The standard InChI is InChI=1S/C21H21N5O3S3/c1-12(27)17-16(11-13-5-3-2-4-6-13)30-20(25-17)18-19(22)26-21(31-18)24-14-7-9-15(10-8-14)32(23,28)29/h2-10,21,24-25H,11H2,1H3,(H2,22,26)(H2,23,28,29). The van der Waals surface area contributed by atoms with Gasteiger partial charge >= 0.3 is 0 Å². The summed E-state index contributed by atoms with van der Waals surface area (Å²) in [6, 6.07) is 16.0. The van der Waals surface area contributed by atoms with Crippen molar-refractivity contribution in [2.24, 2.45) is 15.9 Å². The van der Waals surface area contributed by atoms with Gasteiger partial charge in [-0.1, -0.05) is 53.9 Å². The normalized spacial score (nSPS) is 20.8. The fourth-order valence-corrected chi connectivity index (χ4v) is 6.01. The van der Waals surface area contributed by atoms with Crippen LogP contribution in [0.5, 0.6) is 0 Å². The van der Waals surface area contributed by atoms with Gasteiger partial charge in [-0.15, -0.1) is 0 Å². The van der Waals surface area contributed by atoms with Crippen LogP contribution in [0.4, 0.5) is 5.69 Å². The Kier molecular flexibility index (Phi) is 6.33. The minimum Gasteiger partial charge on any atom is -0.383 e. The number of nitrogens with two attached hydrogens (primary N) is 2. The molecule has 0 aliphatic carbocycles. The molecule has 4 rings (SSSR count). The van der Waals surface area contributed by atoms with Crippen molar-refractivity contribution in [1.29, 1.82) is 0 Å². The van der Waals surface area contributed by atoms with Gasteiger partial charge in [0.15, 0.2) is 11.3 Å². The van der Waals surface area contributed by atoms with Crippen molar-refractivity contribution in [1.82, 2.24) is 5.32 Å². The van der Waals surface area contributed by atoms with Crippen LogP contribution >= 0.6 is 23.5 Å². The molecule has 0 bridgehead atoms. The summed E-state index contributed by atoms with van der Waals surface area (Å²) >= 11 is 2.91.